The van der Waals surface area contributed by atoms with Crippen molar-refractivity contribution in [3.05, 3.63) is 52.4 Å². The third-order valence-electron chi connectivity index (χ3n) is 3.44. The molecule has 10 heteroatoms. The Labute approximate surface area is 167 Å². The Morgan fingerprint density at radius 1 is 1.15 bits per heavy atom. The molecule has 3 aromatic rings. The van der Waals surface area contributed by atoms with Crippen molar-refractivity contribution in [2.24, 2.45) is 0 Å². The molecule has 0 aliphatic carbocycles. The second-order valence-electron chi connectivity index (χ2n) is 5.30. The Hall–Kier alpha value is -2.62. The van der Waals surface area contributed by atoms with E-state index >= 15 is 0 Å². The van der Waals surface area contributed by atoms with E-state index in [1.54, 1.807) is 12.1 Å². The SMILES string of the molecule is O=C(NSCNc1nc(-c2ccc(Cl)cc2)cs1)c1cc(O)c(O)c(O)c1. The van der Waals surface area contributed by atoms with Gasteiger partial charge in [0.25, 0.3) is 5.91 Å². The maximum atomic E-state index is 12.0. The average Bonchev–Trinajstić information content (AvgIpc) is 3.12. The molecule has 2 aromatic carbocycles. The molecule has 5 N–H and O–H groups in total. The molecule has 0 spiro atoms. The highest BCUT2D eigenvalue weighted by molar-refractivity contribution is 7.98. The van der Waals surface area contributed by atoms with E-state index in [9.17, 15) is 20.1 Å². The zero-order valence-corrected chi connectivity index (χ0v) is 16.0. The summed E-state index contributed by atoms with van der Waals surface area (Å²) in [5.41, 5.74) is 1.80. The molecule has 0 fully saturated rings. The van der Waals surface area contributed by atoms with Crippen molar-refractivity contribution in [1.82, 2.24) is 9.71 Å². The molecule has 7 nitrogen and oxygen atoms in total. The van der Waals surface area contributed by atoms with Gasteiger partial charge in [-0.3, -0.25) is 9.52 Å². The Bertz CT molecular complexity index is 940. The number of aromatic nitrogens is 1. The van der Waals surface area contributed by atoms with Gasteiger partial charge in [-0.1, -0.05) is 23.7 Å². The van der Waals surface area contributed by atoms with E-state index in [2.05, 4.69) is 15.0 Å². The van der Waals surface area contributed by atoms with E-state index in [1.807, 2.05) is 17.5 Å². The van der Waals surface area contributed by atoms with Crippen LogP contribution in [-0.4, -0.2) is 32.1 Å². The van der Waals surface area contributed by atoms with Gasteiger partial charge in [-0.15, -0.1) is 11.3 Å². The fourth-order valence-electron chi connectivity index (χ4n) is 2.10. The van der Waals surface area contributed by atoms with E-state index in [-0.39, 0.29) is 5.56 Å². The lowest BCUT2D eigenvalue weighted by atomic mass is 10.2. The molecular formula is C17H14ClN3O4S2. The fraction of sp³-hybridized carbons (Fsp3) is 0.0588. The zero-order valence-electron chi connectivity index (χ0n) is 13.6. The standard InChI is InChI=1S/C17H14ClN3O4S2/c18-11-3-1-9(2-4-11)12-7-26-17(20-12)19-8-27-21-16(25)10-5-13(22)15(24)14(23)6-10/h1-7,22-24H,8H2,(H,19,20)(H,21,25). The average molecular weight is 424 g/mol. The van der Waals surface area contributed by atoms with Crippen LogP contribution in [0.3, 0.4) is 0 Å². The maximum absolute atomic E-state index is 12.0. The summed E-state index contributed by atoms with van der Waals surface area (Å²) in [5, 5.41) is 34.5. The zero-order chi connectivity index (χ0) is 19.4. The van der Waals surface area contributed by atoms with Crippen molar-refractivity contribution in [2.45, 2.75) is 0 Å². The Morgan fingerprint density at radius 2 is 1.81 bits per heavy atom. The molecule has 0 saturated carbocycles. The number of nitrogens with zero attached hydrogens (tertiary/aromatic N) is 1. The number of hydrogen-bond donors (Lipinski definition) is 5. The first-order valence-corrected chi connectivity index (χ1v) is 9.81. The minimum absolute atomic E-state index is 0.0228. The number of carbonyl (C=O) groups excluding carboxylic acids is 1. The third-order valence-corrected chi connectivity index (χ3v) is 5.11. The first kappa shape index (κ1) is 19.2. The van der Waals surface area contributed by atoms with Gasteiger partial charge in [0.1, 0.15) is 0 Å². The normalized spacial score (nSPS) is 10.6. The maximum Gasteiger partial charge on any atom is 0.261 e. The van der Waals surface area contributed by atoms with Crippen molar-refractivity contribution in [3.63, 3.8) is 0 Å². The number of anilines is 1. The largest absolute Gasteiger partial charge is 0.504 e. The summed E-state index contributed by atoms with van der Waals surface area (Å²) in [5.74, 6) is -1.97. The van der Waals surface area contributed by atoms with Crippen LogP contribution in [0.4, 0.5) is 5.13 Å². The molecule has 0 unspecified atom stereocenters. The predicted molar refractivity (Wildman–Crippen MR) is 108 cm³/mol. The summed E-state index contributed by atoms with van der Waals surface area (Å²) in [7, 11) is 0. The lowest BCUT2D eigenvalue weighted by molar-refractivity contribution is 0.0983. The topological polar surface area (TPSA) is 115 Å². The minimum Gasteiger partial charge on any atom is -0.504 e. The number of rotatable bonds is 6. The van der Waals surface area contributed by atoms with Crippen LogP contribution in [-0.2, 0) is 0 Å². The molecule has 0 aliphatic heterocycles. The lowest BCUT2D eigenvalue weighted by Crippen LogP contribution is -2.17. The number of phenols is 3. The number of hydrogen-bond acceptors (Lipinski definition) is 8. The van der Waals surface area contributed by atoms with Crippen molar-refractivity contribution < 1.29 is 20.1 Å². The van der Waals surface area contributed by atoms with Gasteiger partial charge in [-0.25, -0.2) is 4.98 Å². The number of aromatic hydroxyl groups is 3. The molecular weight excluding hydrogens is 410 g/mol. The summed E-state index contributed by atoms with van der Waals surface area (Å²) in [6.07, 6.45) is 0. The van der Waals surface area contributed by atoms with E-state index in [4.69, 9.17) is 11.6 Å². The molecule has 3 rings (SSSR count). The van der Waals surface area contributed by atoms with Crippen molar-refractivity contribution in [1.29, 1.82) is 0 Å². The Balaban J connectivity index is 1.50. The Morgan fingerprint density at radius 3 is 2.48 bits per heavy atom. The molecule has 1 aromatic heterocycles. The van der Waals surface area contributed by atoms with E-state index in [0.29, 0.717) is 16.0 Å². The van der Waals surface area contributed by atoms with Gasteiger partial charge in [0.15, 0.2) is 22.4 Å². The number of phenolic OH excluding ortho intramolecular Hbond substituents is 3. The highest BCUT2D eigenvalue weighted by Gasteiger charge is 2.13. The summed E-state index contributed by atoms with van der Waals surface area (Å²) < 4.78 is 2.56. The van der Waals surface area contributed by atoms with Crippen LogP contribution < -0.4 is 10.0 Å². The van der Waals surface area contributed by atoms with Gasteiger partial charge in [-0.05, 0) is 36.2 Å². The van der Waals surface area contributed by atoms with E-state index in [0.717, 1.165) is 35.3 Å². The molecule has 1 amide bonds. The van der Waals surface area contributed by atoms with Crippen molar-refractivity contribution in [3.8, 4) is 28.5 Å². The third kappa shape index (κ3) is 4.76. The van der Waals surface area contributed by atoms with Crippen LogP contribution in [0, 0.1) is 0 Å². The van der Waals surface area contributed by atoms with Gasteiger partial charge < -0.3 is 20.6 Å². The molecule has 140 valence electrons. The number of benzene rings is 2. The first-order chi connectivity index (χ1) is 12.9. The minimum atomic E-state index is -0.666. The van der Waals surface area contributed by atoms with Crippen LogP contribution >= 0.6 is 34.9 Å². The summed E-state index contributed by atoms with van der Waals surface area (Å²) in [4.78, 5) is 16.5. The fourth-order valence-corrected chi connectivity index (χ4v) is 3.57. The van der Waals surface area contributed by atoms with E-state index < -0.39 is 23.2 Å². The van der Waals surface area contributed by atoms with Crippen molar-refractivity contribution >= 4 is 45.9 Å². The van der Waals surface area contributed by atoms with Crippen molar-refractivity contribution in [2.75, 3.05) is 11.2 Å². The summed E-state index contributed by atoms with van der Waals surface area (Å²) >= 11 is 8.40. The summed E-state index contributed by atoms with van der Waals surface area (Å²) in [6, 6.07) is 9.51. The van der Waals surface area contributed by atoms with Gasteiger partial charge in [0.2, 0.25) is 0 Å². The molecule has 1 heterocycles. The monoisotopic (exact) mass is 423 g/mol. The number of carbonyl (C=O) groups is 1. The molecule has 0 bridgehead atoms. The quantitative estimate of drug-likeness (QED) is 0.176. The molecule has 0 radical (unpaired) electrons. The van der Waals surface area contributed by atoms with Gasteiger partial charge in [-0.2, -0.15) is 0 Å². The smallest absolute Gasteiger partial charge is 0.261 e. The second kappa shape index (κ2) is 8.38. The van der Waals surface area contributed by atoms with Crippen LogP contribution in [0.25, 0.3) is 11.3 Å². The number of amides is 1. The molecule has 0 atom stereocenters. The number of halogens is 1. The first-order valence-electron chi connectivity index (χ1n) is 7.56. The molecule has 0 aliphatic rings. The van der Waals surface area contributed by atoms with Crippen LogP contribution in [0.2, 0.25) is 5.02 Å². The van der Waals surface area contributed by atoms with Gasteiger partial charge in [0.05, 0.1) is 11.6 Å². The summed E-state index contributed by atoms with van der Waals surface area (Å²) in [6.45, 7) is 0. The number of thiazole rings is 1. The highest BCUT2D eigenvalue weighted by Crippen LogP contribution is 2.35. The lowest BCUT2D eigenvalue weighted by Gasteiger charge is -2.07. The Kier molecular flexibility index (Phi) is 5.94. The highest BCUT2D eigenvalue weighted by atomic mass is 35.5. The second-order valence-corrected chi connectivity index (χ2v) is 7.38. The molecule has 27 heavy (non-hydrogen) atoms. The predicted octanol–water partition coefficient (Wildman–Crippen LogP) is 4.03. The van der Waals surface area contributed by atoms with Crippen LogP contribution in [0.5, 0.6) is 17.2 Å². The van der Waals surface area contributed by atoms with E-state index in [1.165, 1.54) is 11.3 Å². The van der Waals surface area contributed by atoms with Crippen LogP contribution in [0.1, 0.15) is 10.4 Å². The van der Waals surface area contributed by atoms with Gasteiger partial charge >= 0.3 is 0 Å². The van der Waals surface area contributed by atoms with Crippen LogP contribution in [0.15, 0.2) is 41.8 Å². The molecule has 0 saturated heterocycles. The number of nitrogens with one attached hydrogen (secondary N) is 2. The van der Waals surface area contributed by atoms with Gasteiger partial charge in [0, 0.05) is 21.5 Å².